The first-order valence-electron chi connectivity index (χ1n) is 8.04. The predicted octanol–water partition coefficient (Wildman–Crippen LogP) is 2.16. The van der Waals surface area contributed by atoms with Crippen LogP contribution in [0.25, 0.3) is 0 Å². The standard InChI is InChI=1S/C18H22N4O/c23-18(20-10-8-16-5-4-9-19-15-16)22-13-11-21(12-14-22)17-6-2-1-3-7-17/h1-7,9,15H,8,10-14H2,(H,20,23). The number of hydrogen-bond donors (Lipinski definition) is 1. The van der Waals surface area contributed by atoms with Crippen molar-refractivity contribution < 1.29 is 4.79 Å². The average Bonchev–Trinajstić information content (AvgIpc) is 2.63. The van der Waals surface area contributed by atoms with Gasteiger partial charge in [0.05, 0.1) is 0 Å². The van der Waals surface area contributed by atoms with E-state index in [1.54, 1.807) is 6.20 Å². The number of benzene rings is 1. The summed E-state index contributed by atoms with van der Waals surface area (Å²) in [6.45, 7) is 3.91. The zero-order valence-electron chi connectivity index (χ0n) is 13.2. The summed E-state index contributed by atoms with van der Waals surface area (Å²) in [5.74, 6) is 0. The molecule has 2 aromatic rings. The normalized spacial score (nSPS) is 14.6. The maximum absolute atomic E-state index is 12.2. The molecule has 1 N–H and O–H groups in total. The Hall–Kier alpha value is -2.56. The minimum Gasteiger partial charge on any atom is -0.368 e. The highest BCUT2D eigenvalue weighted by Crippen LogP contribution is 2.15. The van der Waals surface area contributed by atoms with E-state index >= 15 is 0 Å². The van der Waals surface area contributed by atoms with E-state index in [1.165, 1.54) is 5.69 Å². The van der Waals surface area contributed by atoms with Gasteiger partial charge in [-0.1, -0.05) is 24.3 Å². The highest BCUT2D eigenvalue weighted by Gasteiger charge is 2.20. The number of aromatic nitrogens is 1. The van der Waals surface area contributed by atoms with E-state index in [0.29, 0.717) is 6.54 Å². The summed E-state index contributed by atoms with van der Waals surface area (Å²) < 4.78 is 0. The molecule has 0 radical (unpaired) electrons. The number of para-hydroxylation sites is 1. The molecule has 1 fully saturated rings. The van der Waals surface area contributed by atoms with Gasteiger partial charge in [0.25, 0.3) is 0 Å². The van der Waals surface area contributed by atoms with Crippen LogP contribution in [0.5, 0.6) is 0 Å². The number of rotatable bonds is 4. The highest BCUT2D eigenvalue weighted by molar-refractivity contribution is 5.74. The molecule has 3 rings (SSSR count). The predicted molar refractivity (Wildman–Crippen MR) is 91.6 cm³/mol. The topological polar surface area (TPSA) is 48.5 Å². The molecule has 0 atom stereocenters. The number of carbonyl (C=O) groups excluding carboxylic acids is 1. The SMILES string of the molecule is O=C(NCCc1cccnc1)N1CCN(c2ccccc2)CC1. The van der Waals surface area contributed by atoms with Crippen LogP contribution in [0.15, 0.2) is 54.9 Å². The van der Waals surface area contributed by atoms with Crippen LogP contribution in [0.2, 0.25) is 0 Å². The Morgan fingerprint density at radius 1 is 1.04 bits per heavy atom. The molecule has 1 aromatic carbocycles. The van der Waals surface area contributed by atoms with Gasteiger partial charge in [-0.2, -0.15) is 0 Å². The monoisotopic (exact) mass is 310 g/mol. The quantitative estimate of drug-likeness (QED) is 0.941. The Kier molecular flexibility index (Phi) is 5.09. The van der Waals surface area contributed by atoms with Gasteiger partial charge >= 0.3 is 6.03 Å². The summed E-state index contributed by atoms with van der Waals surface area (Å²) in [6.07, 6.45) is 4.41. The van der Waals surface area contributed by atoms with Gasteiger partial charge in [0, 0.05) is 50.8 Å². The fourth-order valence-corrected chi connectivity index (χ4v) is 2.78. The first-order chi connectivity index (χ1) is 11.3. The van der Waals surface area contributed by atoms with Crippen molar-refractivity contribution in [3.63, 3.8) is 0 Å². The molecule has 1 aliphatic heterocycles. The third-order valence-electron chi connectivity index (χ3n) is 4.10. The molecule has 1 aliphatic rings. The van der Waals surface area contributed by atoms with Crippen LogP contribution < -0.4 is 10.2 Å². The molecule has 0 unspecified atom stereocenters. The fourth-order valence-electron chi connectivity index (χ4n) is 2.78. The van der Waals surface area contributed by atoms with Gasteiger partial charge in [0.2, 0.25) is 0 Å². The van der Waals surface area contributed by atoms with Crippen molar-refractivity contribution in [2.24, 2.45) is 0 Å². The Morgan fingerprint density at radius 3 is 2.52 bits per heavy atom. The van der Waals surface area contributed by atoms with Crippen LogP contribution >= 0.6 is 0 Å². The third-order valence-corrected chi connectivity index (χ3v) is 4.10. The van der Waals surface area contributed by atoms with Crippen molar-refractivity contribution in [3.8, 4) is 0 Å². The Labute approximate surface area is 136 Å². The van der Waals surface area contributed by atoms with Gasteiger partial charge < -0.3 is 15.1 Å². The summed E-state index contributed by atoms with van der Waals surface area (Å²) in [6, 6.07) is 14.3. The number of hydrogen-bond acceptors (Lipinski definition) is 3. The minimum absolute atomic E-state index is 0.0293. The van der Waals surface area contributed by atoms with E-state index in [4.69, 9.17) is 0 Å². The maximum Gasteiger partial charge on any atom is 0.317 e. The highest BCUT2D eigenvalue weighted by atomic mass is 16.2. The van der Waals surface area contributed by atoms with Gasteiger partial charge in [-0.05, 0) is 30.2 Å². The van der Waals surface area contributed by atoms with Crippen molar-refractivity contribution in [2.75, 3.05) is 37.6 Å². The summed E-state index contributed by atoms with van der Waals surface area (Å²) in [5.41, 5.74) is 2.37. The van der Waals surface area contributed by atoms with Gasteiger partial charge in [-0.3, -0.25) is 4.98 Å². The molecule has 0 aliphatic carbocycles. The number of amides is 2. The second-order valence-electron chi connectivity index (χ2n) is 5.65. The van der Waals surface area contributed by atoms with Crippen molar-refractivity contribution in [1.82, 2.24) is 15.2 Å². The van der Waals surface area contributed by atoms with Crippen LogP contribution in [0, 0.1) is 0 Å². The molecule has 1 saturated heterocycles. The van der Waals surface area contributed by atoms with Crippen molar-refractivity contribution >= 4 is 11.7 Å². The Bertz CT molecular complexity index is 609. The number of carbonyl (C=O) groups is 1. The molecule has 23 heavy (non-hydrogen) atoms. The molecular weight excluding hydrogens is 288 g/mol. The largest absolute Gasteiger partial charge is 0.368 e. The molecule has 0 saturated carbocycles. The van der Waals surface area contributed by atoms with E-state index in [1.807, 2.05) is 41.4 Å². The fraction of sp³-hybridized carbons (Fsp3) is 0.333. The van der Waals surface area contributed by atoms with Crippen LogP contribution in [-0.4, -0.2) is 48.6 Å². The van der Waals surface area contributed by atoms with Crippen LogP contribution in [0.4, 0.5) is 10.5 Å². The molecular formula is C18H22N4O. The number of nitrogens with one attached hydrogen (secondary N) is 1. The molecule has 5 heteroatoms. The van der Waals surface area contributed by atoms with Gasteiger partial charge in [-0.25, -0.2) is 4.79 Å². The van der Waals surface area contributed by atoms with Gasteiger partial charge in [0.15, 0.2) is 0 Å². The van der Waals surface area contributed by atoms with Crippen molar-refractivity contribution in [1.29, 1.82) is 0 Å². The molecule has 2 amide bonds. The minimum atomic E-state index is 0.0293. The van der Waals surface area contributed by atoms with E-state index in [9.17, 15) is 4.79 Å². The van der Waals surface area contributed by atoms with Crippen molar-refractivity contribution in [3.05, 3.63) is 60.4 Å². The smallest absolute Gasteiger partial charge is 0.317 e. The van der Waals surface area contributed by atoms with E-state index in [0.717, 1.165) is 38.2 Å². The lowest BCUT2D eigenvalue weighted by Gasteiger charge is -2.36. The molecule has 0 spiro atoms. The third kappa shape index (κ3) is 4.22. The van der Waals surface area contributed by atoms with E-state index < -0.39 is 0 Å². The van der Waals surface area contributed by atoms with Crippen LogP contribution in [-0.2, 0) is 6.42 Å². The zero-order chi connectivity index (χ0) is 15.9. The molecule has 120 valence electrons. The van der Waals surface area contributed by atoms with Gasteiger partial charge in [-0.15, -0.1) is 0 Å². The second kappa shape index (κ2) is 7.63. The number of piperazine rings is 1. The first-order valence-corrected chi connectivity index (χ1v) is 8.04. The average molecular weight is 310 g/mol. The van der Waals surface area contributed by atoms with Gasteiger partial charge in [0.1, 0.15) is 0 Å². The number of urea groups is 1. The summed E-state index contributed by atoms with van der Waals surface area (Å²) in [5, 5.41) is 3.00. The molecule has 1 aromatic heterocycles. The number of anilines is 1. The lowest BCUT2D eigenvalue weighted by molar-refractivity contribution is 0.194. The van der Waals surface area contributed by atoms with E-state index in [2.05, 4.69) is 27.3 Å². The lowest BCUT2D eigenvalue weighted by Crippen LogP contribution is -2.52. The first kappa shape index (κ1) is 15.3. The second-order valence-corrected chi connectivity index (χ2v) is 5.65. The lowest BCUT2D eigenvalue weighted by atomic mass is 10.2. The molecule has 5 nitrogen and oxygen atoms in total. The summed E-state index contributed by atoms with van der Waals surface area (Å²) >= 11 is 0. The Balaban J connectivity index is 1.41. The van der Waals surface area contributed by atoms with E-state index in [-0.39, 0.29) is 6.03 Å². The molecule has 2 heterocycles. The van der Waals surface area contributed by atoms with Crippen LogP contribution in [0.3, 0.4) is 0 Å². The van der Waals surface area contributed by atoms with Crippen molar-refractivity contribution in [2.45, 2.75) is 6.42 Å². The Morgan fingerprint density at radius 2 is 1.83 bits per heavy atom. The maximum atomic E-state index is 12.2. The molecule has 0 bridgehead atoms. The zero-order valence-corrected chi connectivity index (χ0v) is 13.2. The number of nitrogens with zero attached hydrogens (tertiary/aromatic N) is 3. The number of pyridine rings is 1. The summed E-state index contributed by atoms with van der Waals surface area (Å²) in [7, 11) is 0. The summed E-state index contributed by atoms with van der Waals surface area (Å²) in [4.78, 5) is 20.5. The van der Waals surface area contributed by atoms with Crippen LogP contribution in [0.1, 0.15) is 5.56 Å².